The van der Waals surface area contributed by atoms with Gasteiger partial charge in [-0.2, -0.15) is 0 Å². The highest BCUT2D eigenvalue weighted by atomic mass is 35.5. The lowest BCUT2D eigenvalue weighted by Gasteiger charge is -2.35. The van der Waals surface area contributed by atoms with E-state index < -0.39 is 0 Å². The van der Waals surface area contributed by atoms with E-state index in [2.05, 4.69) is 10.2 Å². The van der Waals surface area contributed by atoms with Gasteiger partial charge in [0.2, 0.25) is 0 Å². The van der Waals surface area contributed by atoms with Gasteiger partial charge in [-0.05, 0) is 56.5 Å². The van der Waals surface area contributed by atoms with Gasteiger partial charge in [0.05, 0.1) is 6.61 Å². The van der Waals surface area contributed by atoms with E-state index in [-0.39, 0.29) is 5.91 Å². The predicted octanol–water partition coefficient (Wildman–Crippen LogP) is 2.57. The third-order valence-corrected chi connectivity index (χ3v) is 4.94. The van der Waals surface area contributed by atoms with Crippen LogP contribution < -0.4 is 5.32 Å². The molecule has 120 valence electrons. The summed E-state index contributed by atoms with van der Waals surface area (Å²) in [5.74, 6) is 0.538. The largest absolute Gasteiger partial charge is 0.380 e. The fourth-order valence-corrected chi connectivity index (χ4v) is 3.49. The number of ether oxygens (including phenoxy) is 1. The van der Waals surface area contributed by atoms with Crippen molar-refractivity contribution >= 4 is 17.5 Å². The SMILES string of the molecule is O=C(NCC1CCN([C@@H]2CCOC2)CC1)c1cccc(Cl)c1. The summed E-state index contributed by atoms with van der Waals surface area (Å²) in [6.45, 7) is 4.77. The minimum absolute atomic E-state index is 0.0332. The van der Waals surface area contributed by atoms with Crippen molar-refractivity contribution < 1.29 is 9.53 Å². The van der Waals surface area contributed by atoms with E-state index in [0.717, 1.165) is 52.1 Å². The summed E-state index contributed by atoms with van der Waals surface area (Å²) in [6, 6.07) is 7.70. The third kappa shape index (κ3) is 4.00. The van der Waals surface area contributed by atoms with E-state index >= 15 is 0 Å². The van der Waals surface area contributed by atoms with Crippen LogP contribution >= 0.6 is 11.6 Å². The van der Waals surface area contributed by atoms with Crippen molar-refractivity contribution in [1.82, 2.24) is 10.2 Å². The molecule has 1 N–H and O–H groups in total. The van der Waals surface area contributed by atoms with Crippen LogP contribution in [-0.2, 0) is 4.74 Å². The number of benzene rings is 1. The van der Waals surface area contributed by atoms with Gasteiger partial charge >= 0.3 is 0 Å². The average Bonchev–Trinajstić information content (AvgIpc) is 3.07. The maximum absolute atomic E-state index is 12.1. The van der Waals surface area contributed by atoms with Crippen LogP contribution in [0.4, 0.5) is 0 Å². The number of hydrogen-bond acceptors (Lipinski definition) is 3. The number of carbonyl (C=O) groups is 1. The average molecular weight is 323 g/mol. The summed E-state index contributed by atoms with van der Waals surface area (Å²) >= 11 is 5.92. The van der Waals surface area contributed by atoms with Crippen LogP contribution in [0.3, 0.4) is 0 Å². The molecule has 0 unspecified atom stereocenters. The Labute approximate surface area is 136 Å². The second-order valence-corrected chi connectivity index (χ2v) is 6.65. The van der Waals surface area contributed by atoms with Gasteiger partial charge in [0.1, 0.15) is 0 Å². The zero-order valence-corrected chi connectivity index (χ0v) is 13.5. The number of rotatable bonds is 4. The number of halogens is 1. The minimum Gasteiger partial charge on any atom is -0.380 e. The molecule has 1 atom stereocenters. The molecule has 0 aromatic heterocycles. The summed E-state index contributed by atoms with van der Waals surface area (Å²) in [5, 5.41) is 3.64. The molecular weight excluding hydrogens is 300 g/mol. The molecule has 0 radical (unpaired) electrons. The van der Waals surface area contributed by atoms with Crippen LogP contribution in [0.5, 0.6) is 0 Å². The first-order chi connectivity index (χ1) is 10.7. The number of nitrogens with one attached hydrogen (secondary N) is 1. The highest BCUT2D eigenvalue weighted by Crippen LogP contribution is 2.22. The summed E-state index contributed by atoms with van der Waals surface area (Å²) < 4.78 is 5.47. The zero-order chi connectivity index (χ0) is 15.4. The molecule has 2 saturated heterocycles. The standard InChI is InChI=1S/C17H23ClN2O2/c18-15-3-1-2-14(10-15)17(21)19-11-13-4-7-20(8-5-13)16-6-9-22-12-16/h1-3,10,13,16H,4-9,11-12H2,(H,19,21)/t16-/m1/s1. The summed E-state index contributed by atoms with van der Waals surface area (Å²) in [4.78, 5) is 14.7. The smallest absolute Gasteiger partial charge is 0.251 e. The summed E-state index contributed by atoms with van der Waals surface area (Å²) in [7, 11) is 0. The second-order valence-electron chi connectivity index (χ2n) is 6.22. The van der Waals surface area contributed by atoms with E-state index in [1.807, 2.05) is 0 Å². The molecule has 3 rings (SSSR count). The fraction of sp³-hybridized carbons (Fsp3) is 0.588. The molecule has 2 heterocycles. The molecule has 22 heavy (non-hydrogen) atoms. The van der Waals surface area contributed by atoms with E-state index in [0.29, 0.717) is 22.5 Å². The molecule has 5 heteroatoms. The molecule has 4 nitrogen and oxygen atoms in total. The minimum atomic E-state index is -0.0332. The van der Waals surface area contributed by atoms with Crippen LogP contribution in [0, 0.1) is 5.92 Å². The number of amides is 1. The quantitative estimate of drug-likeness (QED) is 0.926. The van der Waals surface area contributed by atoms with Crippen molar-refractivity contribution in [2.24, 2.45) is 5.92 Å². The Balaban J connectivity index is 1.42. The van der Waals surface area contributed by atoms with Crippen LogP contribution in [0.2, 0.25) is 5.02 Å². The number of likely N-dealkylation sites (tertiary alicyclic amines) is 1. The van der Waals surface area contributed by atoms with Crippen molar-refractivity contribution in [1.29, 1.82) is 0 Å². The Bertz CT molecular complexity index is 509. The Morgan fingerprint density at radius 1 is 1.32 bits per heavy atom. The molecule has 0 bridgehead atoms. The van der Waals surface area contributed by atoms with Crippen LogP contribution in [0.25, 0.3) is 0 Å². The van der Waals surface area contributed by atoms with E-state index in [4.69, 9.17) is 16.3 Å². The number of piperidine rings is 1. The maximum atomic E-state index is 12.1. The van der Waals surface area contributed by atoms with Crippen molar-refractivity contribution in [3.63, 3.8) is 0 Å². The van der Waals surface area contributed by atoms with Crippen molar-refractivity contribution in [3.8, 4) is 0 Å². The van der Waals surface area contributed by atoms with Gasteiger partial charge in [-0.15, -0.1) is 0 Å². The first kappa shape index (κ1) is 15.8. The van der Waals surface area contributed by atoms with Gasteiger partial charge in [-0.25, -0.2) is 0 Å². The third-order valence-electron chi connectivity index (χ3n) is 4.71. The van der Waals surface area contributed by atoms with E-state index in [1.54, 1.807) is 24.3 Å². The Hall–Kier alpha value is -1.10. The first-order valence-corrected chi connectivity index (χ1v) is 8.46. The monoisotopic (exact) mass is 322 g/mol. The van der Waals surface area contributed by atoms with Crippen molar-refractivity contribution in [3.05, 3.63) is 34.9 Å². The molecule has 0 aliphatic carbocycles. The van der Waals surface area contributed by atoms with Gasteiger partial charge in [-0.3, -0.25) is 9.69 Å². The molecule has 0 saturated carbocycles. The van der Waals surface area contributed by atoms with Crippen LogP contribution in [0.1, 0.15) is 29.6 Å². The Kier molecular flexibility index (Phi) is 5.34. The molecule has 0 spiro atoms. The van der Waals surface area contributed by atoms with Crippen LogP contribution in [-0.4, -0.2) is 49.7 Å². The molecule has 2 fully saturated rings. The summed E-state index contributed by atoms with van der Waals surface area (Å²) in [6.07, 6.45) is 3.45. The Morgan fingerprint density at radius 3 is 2.82 bits per heavy atom. The lowest BCUT2D eigenvalue weighted by molar-refractivity contribution is 0.0911. The van der Waals surface area contributed by atoms with E-state index in [9.17, 15) is 4.79 Å². The van der Waals surface area contributed by atoms with Gasteiger partial charge < -0.3 is 10.1 Å². The maximum Gasteiger partial charge on any atom is 0.251 e. The number of hydrogen-bond donors (Lipinski definition) is 1. The molecule has 1 aromatic carbocycles. The highest BCUT2D eigenvalue weighted by Gasteiger charge is 2.27. The molecule has 1 amide bonds. The molecule has 2 aliphatic heterocycles. The van der Waals surface area contributed by atoms with Gasteiger partial charge in [0, 0.05) is 29.8 Å². The normalized spacial score (nSPS) is 23.6. The molecular formula is C17H23ClN2O2. The second kappa shape index (κ2) is 7.44. The predicted molar refractivity (Wildman–Crippen MR) is 87.3 cm³/mol. The van der Waals surface area contributed by atoms with Crippen molar-refractivity contribution in [2.45, 2.75) is 25.3 Å². The lowest BCUT2D eigenvalue weighted by Crippen LogP contribution is -2.43. The Morgan fingerprint density at radius 2 is 2.14 bits per heavy atom. The molecule has 1 aromatic rings. The topological polar surface area (TPSA) is 41.6 Å². The number of carbonyl (C=O) groups excluding carboxylic acids is 1. The molecule has 2 aliphatic rings. The lowest BCUT2D eigenvalue weighted by atomic mass is 9.95. The van der Waals surface area contributed by atoms with E-state index in [1.165, 1.54) is 0 Å². The highest BCUT2D eigenvalue weighted by molar-refractivity contribution is 6.30. The fourth-order valence-electron chi connectivity index (χ4n) is 3.30. The number of nitrogens with zero attached hydrogens (tertiary/aromatic N) is 1. The van der Waals surface area contributed by atoms with Gasteiger partial charge in [0.15, 0.2) is 0 Å². The van der Waals surface area contributed by atoms with Crippen molar-refractivity contribution in [2.75, 3.05) is 32.8 Å². The first-order valence-electron chi connectivity index (χ1n) is 8.08. The summed E-state index contributed by atoms with van der Waals surface area (Å²) in [5.41, 5.74) is 0.632. The zero-order valence-electron chi connectivity index (χ0n) is 12.8. The van der Waals surface area contributed by atoms with Gasteiger partial charge in [-0.1, -0.05) is 17.7 Å². The van der Waals surface area contributed by atoms with Gasteiger partial charge in [0.25, 0.3) is 5.91 Å². The van der Waals surface area contributed by atoms with Crippen LogP contribution in [0.15, 0.2) is 24.3 Å².